The minimum Gasteiger partial charge on any atom is -0.458 e. The fraction of sp³-hybridized carbons (Fsp3) is 0.341. The molecule has 0 saturated heterocycles. The quantitative estimate of drug-likeness (QED) is 0.124. The van der Waals surface area contributed by atoms with Gasteiger partial charge in [-0.3, -0.25) is 4.79 Å². The molecule has 268 valence electrons. The number of allylic oxidation sites excluding steroid dienone is 2. The Hall–Kier alpha value is -6.07. The third-order valence-corrected chi connectivity index (χ3v) is 8.83. The van der Waals surface area contributed by atoms with Gasteiger partial charge in [-0.15, -0.1) is 0 Å². The molecule has 1 amide bonds. The first-order chi connectivity index (χ1) is 24.9. The van der Waals surface area contributed by atoms with Crippen molar-refractivity contribution in [1.29, 1.82) is 10.5 Å². The first kappa shape index (κ1) is 37.2. The minimum atomic E-state index is -1.42. The molecule has 1 heterocycles. The average Bonchev–Trinajstić information content (AvgIpc) is 3.43. The van der Waals surface area contributed by atoms with Gasteiger partial charge in [0, 0.05) is 41.9 Å². The lowest BCUT2D eigenvalue weighted by Crippen LogP contribution is -2.46. The van der Waals surface area contributed by atoms with Crippen LogP contribution in [0, 0.1) is 22.7 Å². The number of esters is 2. The Morgan fingerprint density at radius 1 is 0.923 bits per heavy atom. The fourth-order valence-electron chi connectivity index (χ4n) is 6.41. The second kappa shape index (κ2) is 15.9. The maximum Gasteiger partial charge on any atom is 0.407 e. The van der Waals surface area contributed by atoms with Crippen molar-refractivity contribution < 1.29 is 33.3 Å². The van der Waals surface area contributed by atoms with Crippen molar-refractivity contribution in [1.82, 2.24) is 5.32 Å². The molecule has 0 spiro atoms. The lowest BCUT2D eigenvalue weighted by molar-refractivity contribution is -0.161. The van der Waals surface area contributed by atoms with Gasteiger partial charge in [-0.2, -0.15) is 10.5 Å². The van der Waals surface area contributed by atoms with E-state index in [2.05, 4.69) is 10.2 Å². The zero-order valence-corrected chi connectivity index (χ0v) is 30.2. The van der Waals surface area contributed by atoms with Crippen LogP contribution in [0.3, 0.4) is 0 Å². The normalized spacial score (nSPS) is 14.1. The highest BCUT2D eigenvalue weighted by Gasteiger charge is 2.34. The maximum atomic E-state index is 13.5. The van der Waals surface area contributed by atoms with Crippen LogP contribution in [0.25, 0.3) is 16.7 Å². The van der Waals surface area contributed by atoms with Gasteiger partial charge in [0.1, 0.15) is 42.2 Å². The summed E-state index contributed by atoms with van der Waals surface area (Å²) in [5.41, 5.74) is 5.02. The van der Waals surface area contributed by atoms with Gasteiger partial charge >= 0.3 is 18.0 Å². The van der Waals surface area contributed by atoms with Gasteiger partial charge in [0.05, 0.1) is 6.42 Å². The summed E-state index contributed by atoms with van der Waals surface area (Å²) < 4.78 is 23.0. The van der Waals surface area contributed by atoms with E-state index in [1.54, 1.807) is 27.7 Å². The summed E-state index contributed by atoms with van der Waals surface area (Å²) in [6.45, 7) is 12.2. The number of fused-ring (bicyclic) bond motifs is 4. The van der Waals surface area contributed by atoms with Gasteiger partial charge in [0.25, 0.3) is 0 Å². The molecule has 52 heavy (non-hydrogen) atoms. The van der Waals surface area contributed by atoms with E-state index in [9.17, 15) is 24.9 Å². The van der Waals surface area contributed by atoms with Crippen molar-refractivity contribution >= 4 is 29.3 Å². The highest BCUT2D eigenvalue weighted by Crippen LogP contribution is 2.44. The van der Waals surface area contributed by atoms with E-state index in [1.807, 2.05) is 92.7 Å². The first-order valence-corrected chi connectivity index (χ1v) is 17.2. The van der Waals surface area contributed by atoms with Crippen LogP contribution in [0.15, 0.2) is 84.1 Å². The molecule has 2 aliphatic rings. The summed E-state index contributed by atoms with van der Waals surface area (Å²) in [5, 5.41) is 21.7. The number of carbonyl (C=O) groups excluding carboxylic acids is 3. The Kier molecular flexibility index (Phi) is 11.3. The standard InChI is InChI=1S/C41H42N4O7/c1-7-45(8-2)27-17-18-32-33(20-36(26(22-42)23-43)51-37(32)19-27)25(3)50-38(46)21-35(39(47)52-41(4,5)6)44-40(48)49-24-34-30-15-11-9-13-28(30)29-14-10-12-16-31(29)34/h9-20,25,34-35H,7-8,21,24H2,1-6H3,(H,44,48). The highest BCUT2D eigenvalue weighted by molar-refractivity contribution is 5.88. The zero-order chi connectivity index (χ0) is 37.6. The summed E-state index contributed by atoms with van der Waals surface area (Å²) in [6, 6.07) is 23.7. The van der Waals surface area contributed by atoms with E-state index in [-0.39, 0.29) is 23.9 Å². The Bertz CT molecular complexity index is 1950. The minimum absolute atomic E-state index is 0.0111. The van der Waals surface area contributed by atoms with Crippen LogP contribution in [-0.2, 0) is 23.8 Å². The summed E-state index contributed by atoms with van der Waals surface area (Å²) in [6.07, 6.45) is -0.846. The average molecular weight is 703 g/mol. The smallest absolute Gasteiger partial charge is 0.407 e. The molecule has 3 aromatic carbocycles. The molecule has 0 bridgehead atoms. The number of ether oxygens (including phenoxy) is 4. The number of alkyl carbamates (subject to hydrolysis) is 1. The van der Waals surface area contributed by atoms with Gasteiger partial charge in [0.15, 0.2) is 11.3 Å². The van der Waals surface area contributed by atoms with Crippen molar-refractivity contribution in [3.63, 3.8) is 0 Å². The Morgan fingerprint density at radius 3 is 2.12 bits per heavy atom. The number of amides is 1. The molecule has 2 atom stereocenters. The lowest BCUT2D eigenvalue weighted by atomic mass is 9.96. The predicted molar refractivity (Wildman–Crippen MR) is 195 cm³/mol. The third-order valence-electron chi connectivity index (χ3n) is 8.83. The van der Waals surface area contributed by atoms with Crippen LogP contribution in [0.1, 0.15) is 70.6 Å². The summed E-state index contributed by atoms with van der Waals surface area (Å²) >= 11 is 0. The van der Waals surface area contributed by atoms with E-state index < -0.39 is 42.2 Å². The van der Waals surface area contributed by atoms with Gasteiger partial charge in [-0.1, -0.05) is 48.5 Å². The molecule has 0 saturated carbocycles. The molecule has 3 aromatic rings. The Labute approximate surface area is 304 Å². The van der Waals surface area contributed by atoms with Crippen molar-refractivity contribution in [2.24, 2.45) is 0 Å². The van der Waals surface area contributed by atoms with Gasteiger partial charge in [0.2, 0.25) is 0 Å². The molecular formula is C41H42N4O7. The summed E-state index contributed by atoms with van der Waals surface area (Å²) in [5.74, 6) is -1.42. The number of carbonyl (C=O) groups is 3. The Balaban J connectivity index is 1.33. The molecule has 5 rings (SSSR count). The Morgan fingerprint density at radius 2 is 1.54 bits per heavy atom. The molecule has 11 heteroatoms. The molecule has 11 nitrogen and oxygen atoms in total. The molecule has 0 fully saturated rings. The molecule has 0 radical (unpaired) electrons. The van der Waals surface area contributed by atoms with Crippen molar-refractivity contribution in [3.8, 4) is 29.0 Å². The number of rotatable bonds is 11. The van der Waals surface area contributed by atoms with Crippen molar-refractivity contribution in [2.45, 2.75) is 71.6 Å². The molecule has 1 aliphatic carbocycles. The van der Waals surface area contributed by atoms with Crippen LogP contribution in [-0.4, -0.2) is 55.5 Å². The van der Waals surface area contributed by atoms with E-state index in [0.717, 1.165) is 41.0 Å². The molecule has 0 aromatic heterocycles. The van der Waals surface area contributed by atoms with Crippen molar-refractivity contribution in [3.05, 3.63) is 101 Å². The second-order valence-corrected chi connectivity index (χ2v) is 13.4. The zero-order valence-electron chi connectivity index (χ0n) is 30.2. The van der Waals surface area contributed by atoms with Crippen molar-refractivity contribution in [2.75, 3.05) is 24.6 Å². The number of anilines is 1. The summed E-state index contributed by atoms with van der Waals surface area (Å²) in [4.78, 5) is 42.1. The number of nitrogens with zero attached hydrogens (tertiary/aromatic N) is 3. The van der Waals surface area contributed by atoms with E-state index in [1.165, 1.54) is 6.08 Å². The number of benzene rings is 3. The largest absolute Gasteiger partial charge is 0.458 e. The number of nitriles is 2. The molecular weight excluding hydrogens is 660 g/mol. The van der Waals surface area contributed by atoms with Crippen LogP contribution in [0.5, 0.6) is 5.75 Å². The SMILES string of the molecule is CCN(CC)c1ccc2c(c1)OC(=C(C#N)C#N)C=C2C(C)OC(=O)CC(NC(=O)OCC1c2ccccc2-c2ccccc21)C(=O)OC(C)(C)C. The maximum absolute atomic E-state index is 13.5. The topological polar surface area (TPSA) is 151 Å². The highest BCUT2D eigenvalue weighted by atomic mass is 16.6. The first-order valence-electron chi connectivity index (χ1n) is 17.2. The van der Waals surface area contributed by atoms with Crippen LogP contribution >= 0.6 is 0 Å². The molecule has 2 unspecified atom stereocenters. The number of hydrogen-bond donors (Lipinski definition) is 1. The third kappa shape index (κ3) is 8.27. The monoisotopic (exact) mass is 702 g/mol. The van der Waals surface area contributed by atoms with E-state index in [0.29, 0.717) is 16.9 Å². The van der Waals surface area contributed by atoms with Gasteiger partial charge in [-0.25, -0.2) is 9.59 Å². The number of hydrogen-bond acceptors (Lipinski definition) is 10. The lowest BCUT2D eigenvalue weighted by Gasteiger charge is -2.28. The predicted octanol–water partition coefficient (Wildman–Crippen LogP) is 7.18. The van der Waals surface area contributed by atoms with Gasteiger partial charge in [-0.05, 0) is 82.0 Å². The van der Waals surface area contributed by atoms with E-state index in [4.69, 9.17) is 18.9 Å². The van der Waals surface area contributed by atoms with Crippen LogP contribution in [0.4, 0.5) is 10.5 Å². The molecule has 1 aliphatic heterocycles. The van der Waals surface area contributed by atoms with Crippen LogP contribution < -0.4 is 15.0 Å². The van der Waals surface area contributed by atoms with Gasteiger partial charge < -0.3 is 29.2 Å². The summed E-state index contributed by atoms with van der Waals surface area (Å²) in [7, 11) is 0. The molecule has 1 N–H and O–H groups in total. The van der Waals surface area contributed by atoms with Crippen LogP contribution in [0.2, 0.25) is 0 Å². The second-order valence-electron chi connectivity index (χ2n) is 13.4. The van der Waals surface area contributed by atoms with E-state index >= 15 is 0 Å². The number of nitrogens with one attached hydrogen (secondary N) is 1. The fourth-order valence-corrected chi connectivity index (χ4v) is 6.41.